The highest BCUT2D eigenvalue weighted by Gasteiger charge is 2.47. The molecule has 1 fully saturated rings. The first-order valence-corrected chi connectivity index (χ1v) is 10.1. The molecular weight excluding hydrogens is 440 g/mol. The van der Waals surface area contributed by atoms with Gasteiger partial charge in [-0.05, 0) is 31.9 Å². The molecule has 0 aliphatic carbocycles. The van der Waals surface area contributed by atoms with E-state index in [1.165, 1.54) is 19.1 Å². The van der Waals surface area contributed by atoms with Gasteiger partial charge in [-0.15, -0.1) is 0 Å². The number of amidine groups is 1. The molecule has 1 amide bonds. The second-order valence-electron chi connectivity index (χ2n) is 7.67. The van der Waals surface area contributed by atoms with Crippen LogP contribution in [0.3, 0.4) is 0 Å². The summed E-state index contributed by atoms with van der Waals surface area (Å²) in [5, 5.41) is 8.60. The summed E-state index contributed by atoms with van der Waals surface area (Å²) in [4.78, 5) is 17.4. The van der Waals surface area contributed by atoms with Gasteiger partial charge in [-0.25, -0.2) is 9.40 Å². The van der Waals surface area contributed by atoms with Gasteiger partial charge in [0.05, 0.1) is 29.3 Å². The number of hydrazone groups is 1. The van der Waals surface area contributed by atoms with Crippen LogP contribution in [0.25, 0.3) is 0 Å². The zero-order chi connectivity index (χ0) is 22.4. The lowest BCUT2D eigenvalue weighted by molar-refractivity contribution is -0.140. The molecule has 0 unspecified atom stereocenters. The van der Waals surface area contributed by atoms with Gasteiger partial charge in [0.2, 0.25) is 0 Å². The fourth-order valence-corrected chi connectivity index (χ4v) is 4.17. The zero-order valence-corrected chi connectivity index (χ0v) is 17.2. The van der Waals surface area contributed by atoms with Gasteiger partial charge in [0.25, 0.3) is 5.91 Å². The fourth-order valence-electron chi connectivity index (χ4n) is 3.99. The predicted octanol–water partition coefficient (Wildman–Crippen LogP) is 3.78. The molecule has 6 nitrogen and oxygen atoms in total. The largest absolute Gasteiger partial charge is 0.419 e. The van der Waals surface area contributed by atoms with Gasteiger partial charge in [0.15, 0.2) is 11.0 Å². The summed E-state index contributed by atoms with van der Waals surface area (Å²) < 4.78 is 58.9. The molecule has 0 saturated carbocycles. The smallest absolute Gasteiger partial charge is 0.381 e. The molecule has 0 bridgehead atoms. The highest BCUT2D eigenvalue weighted by Crippen LogP contribution is 2.37. The standard InChI is InChI=1S/C20H19ClF4N4O2/c1-11(12-3-2-4-14(16(12)22)20(23,24)25)27-18(30)13-9-15(21)28-29-17(13)26-10-19(29)5-7-31-8-6-19/h2-4,9,11H,5-8,10H2,1H3,(H,27,30)/t11-/m1/s1. The highest BCUT2D eigenvalue weighted by atomic mass is 35.5. The first-order chi connectivity index (χ1) is 14.6. The highest BCUT2D eigenvalue weighted by molar-refractivity contribution is 6.69. The summed E-state index contributed by atoms with van der Waals surface area (Å²) in [5.41, 5.74) is -1.95. The summed E-state index contributed by atoms with van der Waals surface area (Å²) >= 11 is 6.15. The lowest BCUT2D eigenvalue weighted by atomic mass is 9.90. The van der Waals surface area contributed by atoms with E-state index < -0.39 is 35.0 Å². The quantitative estimate of drug-likeness (QED) is 0.701. The van der Waals surface area contributed by atoms with Crippen molar-refractivity contribution >= 4 is 28.5 Å². The minimum absolute atomic E-state index is 0.0785. The Morgan fingerprint density at radius 3 is 2.71 bits per heavy atom. The van der Waals surface area contributed by atoms with Crippen molar-refractivity contribution in [3.63, 3.8) is 0 Å². The number of amides is 1. The predicted molar refractivity (Wildman–Crippen MR) is 106 cm³/mol. The van der Waals surface area contributed by atoms with E-state index in [-0.39, 0.29) is 16.3 Å². The van der Waals surface area contributed by atoms with Crippen molar-refractivity contribution in [2.24, 2.45) is 10.1 Å². The van der Waals surface area contributed by atoms with Crippen molar-refractivity contribution in [1.29, 1.82) is 0 Å². The molecule has 1 aromatic rings. The number of carbonyl (C=O) groups is 1. The van der Waals surface area contributed by atoms with Crippen LogP contribution >= 0.6 is 11.6 Å². The molecule has 0 radical (unpaired) electrons. The Morgan fingerprint density at radius 1 is 1.32 bits per heavy atom. The molecule has 3 aliphatic heterocycles. The number of aliphatic imine (C=N–C) groups is 1. The van der Waals surface area contributed by atoms with E-state index in [0.29, 0.717) is 44.5 Å². The number of carbonyl (C=O) groups excluding carboxylic acids is 1. The van der Waals surface area contributed by atoms with Crippen LogP contribution < -0.4 is 5.32 Å². The Kier molecular flexibility index (Phi) is 5.55. The Morgan fingerprint density at radius 2 is 2.03 bits per heavy atom. The molecule has 31 heavy (non-hydrogen) atoms. The van der Waals surface area contributed by atoms with Crippen LogP contribution in [0.15, 0.2) is 39.9 Å². The van der Waals surface area contributed by atoms with Crippen LogP contribution in [-0.4, -0.2) is 47.2 Å². The van der Waals surface area contributed by atoms with Gasteiger partial charge in [0, 0.05) is 18.8 Å². The Bertz CT molecular complexity index is 999. The molecule has 1 spiro atoms. The molecular formula is C20H19ClF4N4O2. The van der Waals surface area contributed by atoms with Crippen LogP contribution in [-0.2, 0) is 15.7 Å². The number of nitrogens with one attached hydrogen (secondary N) is 1. The number of allylic oxidation sites excluding steroid dienone is 1. The topological polar surface area (TPSA) is 66.3 Å². The number of rotatable bonds is 3. The van der Waals surface area contributed by atoms with Crippen molar-refractivity contribution in [3.8, 4) is 0 Å². The zero-order valence-electron chi connectivity index (χ0n) is 16.5. The third kappa shape index (κ3) is 3.94. The normalized spacial score (nSPS) is 21.2. The average Bonchev–Trinajstić information content (AvgIpc) is 3.04. The number of ether oxygens (including phenoxy) is 1. The van der Waals surface area contributed by atoms with Crippen molar-refractivity contribution in [3.05, 3.63) is 46.8 Å². The third-order valence-electron chi connectivity index (χ3n) is 5.69. The molecule has 11 heteroatoms. The molecule has 3 aliphatic rings. The summed E-state index contributed by atoms with van der Waals surface area (Å²) in [7, 11) is 0. The van der Waals surface area contributed by atoms with Gasteiger partial charge >= 0.3 is 6.18 Å². The monoisotopic (exact) mass is 458 g/mol. The number of halogens is 5. The molecule has 1 N–H and O–H groups in total. The number of fused-ring (bicyclic) bond motifs is 2. The van der Waals surface area contributed by atoms with Gasteiger partial charge in [-0.1, -0.05) is 23.7 Å². The average molecular weight is 459 g/mol. The Hall–Kier alpha value is -2.46. The summed E-state index contributed by atoms with van der Waals surface area (Å²) in [6.07, 6.45) is -2.17. The number of hydrogen-bond acceptors (Lipinski definition) is 5. The lowest BCUT2D eigenvalue weighted by Crippen LogP contribution is -2.52. The number of benzene rings is 1. The van der Waals surface area contributed by atoms with Crippen LogP contribution in [0, 0.1) is 5.82 Å². The minimum atomic E-state index is -4.84. The Balaban J connectivity index is 1.56. The van der Waals surface area contributed by atoms with E-state index in [2.05, 4.69) is 15.4 Å². The van der Waals surface area contributed by atoms with Crippen LogP contribution in [0.4, 0.5) is 17.6 Å². The number of hydrogen-bond donors (Lipinski definition) is 1. The van der Waals surface area contributed by atoms with Gasteiger partial charge in [0.1, 0.15) is 5.82 Å². The second kappa shape index (κ2) is 7.90. The van der Waals surface area contributed by atoms with E-state index >= 15 is 0 Å². The SMILES string of the molecule is C[C@@H](NC(=O)C1=CC(Cl)=NN2C1=NCC21CCOCC1)c1cccc(C(F)(F)F)c1F. The molecule has 1 saturated heterocycles. The molecule has 4 rings (SSSR count). The molecule has 1 aromatic carbocycles. The van der Waals surface area contributed by atoms with Crippen LogP contribution in [0.2, 0.25) is 0 Å². The maximum absolute atomic E-state index is 14.5. The van der Waals surface area contributed by atoms with Gasteiger partial charge in [-0.2, -0.15) is 18.3 Å². The maximum Gasteiger partial charge on any atom is 0.419 e. The minimum Gasteiger partial charge on any atom is -0.381 e. The van der Waals surface area contributed by atoms with E-state index in [1.54, 1.807) is 5.01 Å². The van der Waals surface area contributed by atoms with Gasteiger partial charge < -0.3 is 10.1 Å². The van der Waals surface area contributed by atoms with Crippen molar-refractivity contribution < 1.29 is 27.1 Å². The van der Waals surface area contributed by atoms with E-state index in [4.69, 9.17) is 16.3 Å². The van der Waals surface area contributed by atoms with E-state index in [9.17, 15) is 22.4 Å². The summed E-state index contributed by atoms with van der Waals surface area (Å²) in [6, 6.07) is 1.94. The van der Waals surface area contributed by atoms with E-state index in [1.807, 2.05) is 0 Å². The summed E-state index contributed by atoms with van der Waals surface area (Å²) in [6.45, 7) is 2.89. The van der Waals surface area contributed by atoms with Crippen molar-refractivity contribution in [2.45, 2.75) is 37.5 Å². The molecule has 1 atom stereocenters. The van der Waals surface area contributed by atoms with Crippen LogP contribution in [0.5, 0.6) is 0 Å². The number of nitrogens with zero attached hydrogens (tertiary/aromatic N) is 3. The lowest BCUT2D eigenvalue weighted by Gasteiger charge is -2.40. The fraction of sp³-hybridized carbons (Fsp3) is 0.450. The summed E-state index contributed by atoms with van der Waals surface area (Å²) in [5.74, 6) is -1.72. The first kappa shape index (κ1) is 21.8. The maximum atomic E-state index is 14.5. The first-order valence-electron chi connectivity index (χ1n) is 9.67. The van der Waals surface area contributed by atoms with E-state index in [0.717, 1.165) is 6.07 Å². The van der Waals surface area contributed by atoms with Crippen molar-refractivity contribution in [1.82, 2.24) is 10.3 Å². The third-order valence-corrected chi connectivity index (χ3v) is 5.87. The van der Waals surface area contributed by atoms with Crippen molar-refractivity contribution in [2.75, 3.05) is 19.8 Å². The Labute approximate surface area is 180 Å². The van der Waals surface area contributed by atoms with Gasteiger partial charge in [-0.3, -0.25) is 9.79 Å². The molecule has 0 aromatic heterocycles. The second-order valence-corrected chi connectivity index (χ2v) is 8.06. The molecule has 166 valence electrons. The number of alkyl halides is 3. The molecule has 3 heterocycles. The van der Waals surface area contributed by atoms with Crippen LogP contribution in [0.1, 0.15) is 36.9 Å².